The first-order chi connectivity index (χ1) is 16.6. The first kappa shape index (κ1) is 24.9. The van der Waals surface area contributed by atoms with Crippen molar-refractivity contribution in [3.8, 4) is 17.2 Å². The van der Waals surface area contributed by atoms with Crippen molar-refractivity contribution < 1.29 is 13.9 Å². The molecule has 1 aliphatic carbocycles. The van der Waals surface area contributed by atoms with Gasteiger partial charge in [-0.15, -0.1) is 5.10 Å². The molecule has 3 N–H and O–H groups in total. The average molecular weight is 521 g/mol. The van der Waals surface area contributed by atoms with Gasteiger partial charge in [-0.2, -0.15) is 4.68 Å². The second-order valence-electron chi connectivity index (χ2n) is 8.58. The zero-order valence-electron chi connectivity index (χ0n) is 19.1. The van der Waals surface area contributed by atoms with Gasteiger partial charge >= 0.3 is 5.69 Å². The Morgan fingerprint density at radius 2 is 1.91 bits per heavy atom. The number of nitrogens with two attached hydrogens (primary N) is 1. The highest BCUT2D eigenvalue weighted by molar-refractivity contribution is 6.37. The van der Waals surface area contributed by atoms with Crippen LogP contribution >= 0.6 is 23.2 Å². The molecule has 1 heterocycles. The van der Waals surface area contributed by atoms with E-state index in [1.807, 2.05) is 11.9 Å². The SMILES string of the molecule is CCCC(=O)C1(c2c(C)ccc(Oc3c(Cl)cc(-n4nc(N)c(=O)[nH]c4=O)cc3Cl)c2F)CCC1. The number of aryl methyl sites for hydroxylation is 1. The van der Waals surface area contributed by atoms with E-state index in [2.05, 4.69) is 5.10 Å². The van der Waals surface area contributed by atoms with E-state index in [-0.39, 0.29) is 33.0 Å². The van der Waals surface area contributed by atoms with Crippen molar-refractivity contribution in [2.45, 2.75) is 51.4 Å². The fraction of sp³-hybridized carbons (Fsp3) is 0.333. The number of H-pyrrole nitrogens is 1. The maximum Gasteiger partial charge on any atom is 0.349 e. The molecule has 8 nitrogen and oxygen atoms in total. The van der Waals surface area contributed by atoms with E-state index in [1.165, 1.54) is 18.2 Å². The van der Waals surface area contributed by atoms with Crippen LogP contribution in [0.4, 0.5) is 10.2 Å². The van der Waals surface area contributed by atoms with Crippen molar-refractivity contribution in [3.05, 3.63) is 72.1 Å². The largest absolute Gasteiger partial charge is 0.451 e. The van der Waals surface area contributed by atoms with Gasteiger partial charge in [0.15, 0.2) is 17.3 Å². The fourth-order valence-electron chi connectivity index (χ4n) is 4.45. The highest BCUT2D eigenvalue weighted by Crippen LogP contribution is 2.49. The number of rotatable bonds is 7. The molecule has 2 aromatic carbocycles. The summed E-state index contributed by atoms with van der Waals surface area (Å²) in [6, 6.07) is 5.80. The average Bonchev–Trinajstić information content (AvgIpc) is 2.76. The van der Waals surface area contributed by atoms with Crippen LogP contribution in [0, 0.1) is 12.7 Å². The number of halogens is 3. The summed E-state index contributed by atoms with van der Waals surface area (Å²) in [6.07, 6.45) is 3.10. The van der Waals surface area contributed by atoms with E-state index in [9.17, 15) is 14.4 Å². The fourth-order valence-corrected chi connectivity index (χ4v) is 5.00. The van der Waals surface area contributed by atoms with Crippen molar-refractivity contribution in [1.29, 1.82) is 0 Å². The van der Waals surface area contributed by atoms with Crippen LogP contribution in [0.1, 0.15) is 50.2 Å². The Labute approximate surface area is 209 Å². The minimum absolute atomic E-state index is 0.0314. The number of ether oxygens (including phenoxy) is 1. The van der Waals surface area contributed by atoms with E-state index < -0.39 is 28.3 Å². The van der Waals surface area contributed by atoms with E-state index in [4.69, 9.17) is 33.7 Å². The Bertz CT molecular complexity index is 1420. The molecule has 3 aromatic rings. The van der Waals surface area contributed by atoms with Crippen LogP contribution in [0.15, 0.2) is 33.9 Å². The minimum Gasteiger partial charge on any atom is -0.451 e. The molecule has 1 saturated carbocycles. The van der Waals surface area contributed by atoms with E-state index in [0.29, 0.717) is 36.8 Å². The number of Topliss-reactive ketones (excluding diaryl/α,β-unsaturated/α-hetero) is 1. The van der Waals surface area contributed by atoms with Gasteiger partial charge in [-0.05, 0) is 49.9 Å². The van der Waals surface area contributed by atoms with Gasteiger partial charge in [0, 0.05) is 12.0 Å². The topological polar surface area (TPSA) is 120 Å². The predicted molar refractivity (Wildman–Crippen MR) is 132 cm³/mol. The summed E-state index contributed by atoms with van der Waals surface area (Å²) in [6.45, 7) is 3.70. The summed E-state index contributed by atoms with van der Waals surface area (Å²) in [5.41, 5.74) is 4.12. The molecule has 11 heteroatoms. The Balaban J connectivity index is 1.75. The number of benzene rings is 2. The van der Waals surface area contributed by atoms with Gasteiger partial charge in [0.1, 0.15) is 5.78 Å². The zero-order valence-corrected chi connectivity index (χ0v) is 20.6. The molecular formula is C24H23Cl2FN4O4. The molecule has 0 spiro atoms. The molecule has 0 radical (unpaired) electrons. The predicted octanol–water partition coefficient (Wildman–Crippen LogP) is 4.84. The number of nitrogens with zero attached hydrogens (tertiary/aromatic N) is 2. The van der Waals surface area contributed by atoms with Gasteiger partial charge < -0.3 is 10.5 Å². The lowest BCUT2D eigenvalue weighted by molar-refractivity contribution is -0.127. The summed E-state index contributed by atoms with van der Waals surface area (Å²) in [4.78, 5) is 38.6. The summed E-state index contributed by atoms with van der Waals surface area (Å²) in [5.74, 6) is -1.19. The third kappa shape index (κ3) is 4.34. The molecule has 35 heavy (non-hydrogen) atoms. The number of hydrogen-bond donors (Lipinski definition) is 2. The number of aromatic nitrogens is 3. The Morgan fingerprint density at radius 3 is 2.49 bits per heavy atom. The van der Waals surface area contributed by atoms with Crippen LogP contribution < -0.4 is 21.7 Å². The Morgan fingerprint density at radius 1 is 1.26 bits per heavy atom. The second-order valence-corrected chi connectivity index (χ2v) is 9.39. The molecule has 0 atom stereocenters. The van der Waals surface area contributed by atoms with Gasteiger partial charge in [-0.3, -0.25) is 14.6 Å². The lowest BCUT2D eigenvalue weighted by Gasteiger charge is -2.42. The van der Waals surface area contributed by atoms with Gasteiger partial charge in [-0.1, -0.05) is 42.6 Å². The number of carbonyl (C=O) groups excluding carboxylic acids is 1. The molecule has 0 amide bonds. The molecule has 0 bridgehead atoms. The molecule has 0 saturated heterocycles. The van der Waals surface area contributed by atoms with Gasteiger partial charge in [0.05, 0.1) is 21.1 Å². The van der Waals surface area contributed by atoms with E-state index in [0.717, 1.165) is 11.1 Å². The molecule has 4 rings (SSSR count). The molecule has 1 aliphatic rings. The van der Waals surface area contributed by atoms with Crippen LogP contribution in [0.2, 0.25) is 10.0 Å². The first-order valence-corrected chi connectivity index (χ1v) is 11.8. The molecular weight excluding hydrogens is 498 g/mol. The number of ketones is 1. The van der Waals surface area contributed by atoms with Crippen molar-refractivity contribution in [1.82, 2.24) is 14.8 Å². The number of hydrogen-bond acceptors (Lipinski definition) is 6. The smallest absolute Gasteiger partial charge is 0.349 e. The van der Waals surface area contributed by atoms with Gasteiger partial charge in [0.25, 0.3) is 5.56 Å². The first-order valence-electron chi connectivity index (χ1n) is 11.1. The number of aromatic amines is 1. The number of anilines is 1. The Kier molecular flexibility index (Phi) is 6.75. The third-order valence-corrected chi connectivity index (χ3v) is 6.87. The maximum atomic E-state index is 15.8. The van der Waals surface area contributed by atoms with Crippen molar-refractivity contribution >= 4 is 34.8 Å². The molecule has 0 aliphatic heterocycles. The lowest BCUT2D eigenvalue weighted by Crippen LogP contribution is -2.43. The molecule has 184 valence electrons. The molecule has 1 aromatic heterocycles. The summed E-state index contributed by atoms with van der Waals surface area (Å²) in [7, 11) is 0. The van der Waals surface area contributed by atoms with Crippen LogP contribution in [0.5, 0.6) is 11.5 Å². The van der Waals surface area contributed by atoms with Gasteiger partial charge in [-0.25, -0.2) is 9.18 Å². The van der Waals surface area contributed by atoms with Crippen LogP contribution in [0.3, 0.4) is 0 Å². The maximum absolute atomic E-state index is 15.8. The van der Waals surface area contributed by atoms with Crippen molar-refractivity contribution in [3.63, 3.8) is 0 Å². The minimum atomic E-state index is -0.849. The second kappa shape index (κ2) is 9.47. The van der Waals surface area contributed by atoms with Crippen LogP contribution in [-0.4, -0.2) is 20.5 Å². The summed E-state index contributed by atoms with van der Waals surface area (Å²) < 4.78 is 22.4. The Hall–Kier alpha value is -3.17. The lowest BCUT2D eigenvalue weighted by atomic mass is 9.60. The van der Waals surface area contributed by atoms with Gasteiger partial charge in [0.2, 0.25) is 5.82 Å². The zero-order chi connectivity index (χ0) is 25.5. The van der Waals surface area contributed by atoms with Crippen LogP contribution in [-0.2, 0) is 10.2 Å². The van der Waals surface area contributed by atoms with Crippen molar-refractivity contribution in [2.75, 3.05) is 5.73 Å². The number of nitrogens with one attached hydrogen (secondary N) is 1. The van der Waals surface area contributed by atoms with Crippen molar-refractivity contribution in [2.24, 2.45) is 0 Å². The molecule has 0 unspecified atom stereocenters. The third-order valence-electron chi connectivity index (χ3n) is 6.30. The number of carbonyl (C=O) groups is 1. The quantitative estimate of drug-likeness (QED) is 0.459. The highest BCUT2D eigenvalue weighted by atomic mass is 35.5. The monoisotopic (exact) mass is 520 g/mol. The van der Waals surface area contributed by atoms with E-state index in [1.54, 1.807) is 13.0 Å². The standard InChI is InChI=1S/C24H23Cl2FN4O4/c1-3-5-17(32)24(8-4-9-24)18-12(2)6-7-16(19(18)27)35-20-14(25)10-13(11-15(20)26)31-23(34)29-22(33)21(28)30-31/h6-7,10-11H,3-5,8-9H2,1-2H3,(H2,28,30)(H,29,33,34). The van der Waals surface area contributed by atoms with Crippen LogP contribution in [0.25, 0.3) is 5.69 Å². The molecule has 1 fully saturated rings. The summed E-state index contributed by atoms with van der Waals surface area (Å²) in [5, 5.41) is 3.67. The summed E-state index contributed by atoms with van der Waals surface area (Å²) >= 11 is 12.7. The highest BCUT2D eigenvalue weighted by Gasteiger charge is 2.47. The number of nitrogen functional groups attached to an aromatic ring is 1. The normalized spacial score (nSPS) is 14.4. The van der Waals surface area contributed by atoms with E-state index >= 15 is 4.39 Å².